The van der Waals surface area contributed by atoms with Gasteiger partial charge in [-0.1, -0.05) is 41.9 Å². The van der Waals surface area contributed by atoms with E-state index in [0.29, 0.717) is 11.7 Å². The molecule has 0 fully saturated rings. The first-order valence-electron chi connectivity index (χ1n) is 8.18. The summed E-state index contributed by atoms with van der Waals surface area (Å²) in [7, 11) is 1.86. The standard InChI is InChI=1S/C18H25BrN4O2/c1-11-9-13(19)7-8-14(11)20-15(24)10-23(6)12(2)16-21-17(22-25-16)18(3,4)5/h7-9,12H,10H2,1-6H3,(H,20,24)/t12-/m0/s1. The molecule has 0 aliphatic carbocycles. The van der Waals surface area contributed by atoms with E-state index in [1.807, 2.05) is 64.8 Å². The number of hydrogen-bond acceptors (Lipinski definition) is 5. The van der Waals surface area contributed by atoms with Crippen molar-refractivity contribution in [2.24, 2.45) is 0 Å². The number of amides is 1. The fraction of sp³-hybridized carbons (Fsp3) is 0.500. The van der Waals surface area contributed by atoms with Crippen LogP contribution in [-0.2, 0) is 10.2 Å². The second-order valence-electron chi connectivity index (χ2n) is 7.30. The van der Waals surface area contributed by atoms with Crippen LogP contribution in [0.25, 0.3) is 0 Å². The smallest absolute Gasteiger partial charge is 0.243 e. The van der Waals surface area contributed by atoms with Crippen LogP contribution in [0.1, 0.15) is 51.0 Å². The van der Waals surface area contributed by atoms with Gasteiger partial charge in [0.05, 0.1) is 12.6 Å². The van der Waals surface area contributed by atoms with Crippen LogP contribution in [0.4, 0.5) is 5.69 Å². The fourth-order valence-electron chi connectivity index (χ4n) is 2.22. The average Bonchev–Trinajstić information content (AvgIpc) is 2.99. The molecule has 0 radical (unpaired) electrons. The van der Waals surface area contributed by atoms with Crippen LogP contribution >= 0.6 is 15.9 Å². The van der Waals surface area contributed by atoms with Crippen molar-refractivity contribution < 1.29 is 9.32 Å². The average molecular weight is 409 g/mol. The number of rotatable bonds is 5. The first kappa shape index (κ1) is 19.6. The zero-order valence-corrected chi connectivity index (χ0v) is 17.1. The van der Waals surface area contributed by atoms with E-state index in [4.69, 9.17) is 4.52 Å². The van der Waals surface area contributed by atoms with Crippen molar-refractivity contribution in [2.45, 2.75) is 46.1 Å². The number of halogens is 1. The maximum absolute atomic E-state index is 12.3. The van der Waals surface area contributed by atoms with Gasteiger partial charge in [0.2, 0.25) is 11.8 Å². The molecular formula is C18H25BrN4O2. The van der Waals surface area contributed by atoms with Gasteiger partial charge in [0.1, 0.15) is 0 Å². The number of benzene rings is 1. The summed E-state index contributed by atoms with van der Waals surface area (Å²) in [5, 5.41) is 6.98. The molecule has 2 rings (SSSR count). The van der Waals surface area contributed by atoms with Crippen LogP contribution in [0.2, 0.25) is 0 Å². The lowest BCUT2D eigenvalue weighted by Crippen LogP contribution is -2.32. The first-order valence-corrected chi connectivity index (χ1v) is 8.97. The zero-order valence-electron chi connectivity index (χ0n) is 15.6. The highest BCUT2D eigenvalue weighted by atomic mass is 79.9. The minimum atomic E-state index is -0.170. The van der Waals surface area contributed by atoms with Gasteiger partial charge in [0.15, 0.2) is 5.82 Å². The normalized spacial score (nSPS) is 13.1. The molecule has 7 heteroatoms. The molecule has 1 aromatic heterocycles. The lowest BCUT2D eigenvalue weighted by atomic mass is 9.96. The van der Waals surface area contributed by atoms with Crippen LogP contribution in [-0.4, -0.2) is 34.5 Å². The summed E-state index contributed by atoms with van der Waals surface area (Å²) in [6.07, 6.45) is 0. The predicted molar refractivity (Wildman–Crippen MR) is 102 cm³/mol. The number of carbonyl (C=O) groups is 1. The Kier molecular flexibility index (Phi) is 6.00. The van der Waals surface area contributed by atoms with Crippen LogP contribution in [0.3, 0.4) is 0 Å². The quantitative estimate of drug-likeness (QED) is 0.806. The highest BCUT2D eigenvalue weighted by Crippen LogP contribution is 2.23. The number of nitrogens with zero attached hydrogens (tertiary/aromatic N) is 3. The Morgan fingerprint density at radius 3 is 2.64 bits per heavy atom. The number of hydrogen-bond donors (Lipinski definition) is 1. The molecular weight excluding hydrogens is 384 g/mol. The van der Waals surface area contributed by atoms with Crippen LogP contribution in [0.15, 0.2) is 27.2 Å². The van der Waals surface area contributed by atoms with Crippen molar-refractivity contribution >= 4 is 27.5 Å². The van der Waals surface area contributed by atoms with E-state index in [2.05, 4.69) is 31.4 Å². The summed E-state index contributed by atoms with van der Waals surface area (Å²) in [6, 6.07) is 5.60. The fourth-order valence-corrected chi connectivity index (χ4v) is 2.69. The van der Waals surface area contributed by atoms with Gasteiger partial charge in [0.25, 0.3) is 0 Å². The molecule has 1 aromatic carbocycles. The first-order chi connectivity index (χ1) is 11.6. The van der Waals surface area contributed by atoms with E-state index in [9.17, 15) is 4.79 Å². The second kappa shape index (κ2) is 7.66. The minimum Gasteiger partial charge on any atom is -0.338 e. The number of likely N-dealkylation sites (N-methyl/N-ethyl adjacent to an activating group) is 1. The third kappa shape index (κ3) is 5.12. The van der Waals surface area contributed by atoms with Crippen molar-refractivity contribution in [1.29, 1.82) is 0 Å². The summed E-state index contributed by atoms with van der Waals surface area (Å²) in [4.78, 5) is 18.7. The van der Waals surface area contributed by atoms with Gasteiger partial charge in [-0.2, -0.15) is 4.98 Å². The molecule has 2 aromatic rings. The third-order valence-electron chi connectivity index (χ3n) is 3.99. The molecule has 0 aliphatic heterocycles. The largest absolute Gasteiger partial charge is 0.338 e. The van der Waals surface area contributed by atoms with Crippen molar-refractivity contribution in [3.05, 3.63) is 40.0 Å². The Morgan fingerprint density at radius 2 is 2.08 bits per heavy atom. The van der Waals surface area contributed by atoms with E-state index >= 15 is 0 Å². The summed E-state index contributed by atoms with van der Waals surface area (Å²) in [6.45, 7) is 10.2. The Hall–Kier alpha value is -1.73. The van der Waals surface area contributed by atoms with Crippen LogP contribution in [0, 0.1) is 6.92 Å². The molecule has 25 heavy (non-hydrogen) atoms. The molecule has 1 N–H and O–H groups in total. The van der Waals surface area contributed by atoms with Gasteiger partial charge in [-0.15, -0.1) is 0 Å². The molecule has 0 saturated carbocycles. The van der Waals surface area contributed by atoms with E-state index in [0.717, 1.165) is 15.7 Å². The van der Waals surface area contributed by atoms with Crippen molar-refractivity contribution in [3.63, 3.8) is 0 Å². The molecule has 0 spiro atoms. The van der Waals surface area contributed by atoms with Gasteiger partial charge in [-0.05, 0) is 44.7 Å². The number of nitrogens with one attached hydrogen (secondary N) is 1. The third-order valence-corrected chi connectivity index (χ3v) is 4.48. The van der Waals surface area contributed by atoms with E-state index < -0.39 is 0 Å². The molecule has 0 aliphatic rings. The van der Waals surface area contributed by atoms with Crippen LogP contribution < -0.4 is 5.32 Å². The number of carbonyl (C=O) groups excluding carboxylic acids is 1. The zero-order chi connectivity index (χ0) is 18.8. The van der Waals surface area contributed by atoms with Gasteiger partial charge >= 0.3 is 0 Å². The topological polar surface area (TPSA) is 71.3 Å². The monoisotopic (exact) mass is 408 g/mol. The van der Waals surface area contributed by atoms with E-state index in [1.54, 1.807) is 0 Å². The Bertz CT molecular complexity index is 752. The van der Waals surface area contributed by atoms with Crippen LogP contribution in [0.5, 0.6) is 0 Å². The highest BCUT2D eigenvalue weighted by Gasteiger charge is 2.25. The maximum atomic E-state index is 12.3. The molecule has 1 amide bonds. The predicted octanol–water partition coefficient (Wildman–Crippen LogP) is 4.07. The van der Waals surface area contributed by atoms with Crippen molar-refractivity contribution in [1.82, 2.24) is 15.0 Å². The molecule has 0 saturated heterocycles. The minimum absolute atomic E-state index is 0.0877. The van der Waals surface area contributed by atoms with Gasteiger partial charge < -0.3 is 9.84 Å². The number of aryl methyl sites for hydroxylation is 1. The molecule has 6 nitrogen and oxygen atoms in total. The number of anilines is 1. The molecule has 0 unspecified atom stereocenters. The highest BCUT2D eigenvalue weighted by molar-refractivity contribution is 9.10. The van der Waals surface area contributed by atoms with E-state index in [1.165, 1.54) is 0 Å². The Labute approximate surface area is 157 Å². The Balaban J connectivity index is 1.99. The molecule has 136 valence electrons. The lowest BCUT2D eigenvalue weighted by Gasteiger charge is -2.21. The molecule has 1 atom stereocenters. The van der Waals surface area contributed by atoms with Gasteiger partial charge in [-0.25, -0.2) is 0 Å². The maximum Gasteiger partial charge on any atom is 0.243 e. The summed E-state index contributed by atoms with van der Waals surface area (Å²) in [5.74, 6) is 1.09. The van der Waals surface area contributed by atoms with Crippen molar-refractivity contribution in [3.8, 4) is 0 Å². The summed E-state index contributed by atoms with van der Waals surface area (Å²) < 4.78 is 6.35. The lowest BCUT2D eigenvalue weighted by molar-refractivity contribution is -0.117. The van der Waals surface area contributed by atoms with E-state index in [-0.39, 0.29) is 23.9 Å². The van der Waals surface area contributed by atoms with Gasteiger partial charge in [-0.3, -0.25) is 9.69 Å². The van der Waals surface area contributed by atoms with Crippen molar-refractivity contribution in [2.75, 3.05) is 18.9 Å². The molecule has 1 heterocycles. The summed E-state index contributed by atoms with van der Waals surface area (Å²) in [5.41, 5.74) is 1.64. The van der Waals surface area contributed by atoms with Gasteiger partial charge in [0, 0.05) is 15.6 Å². The SMILES string of the molecule is Cc1cc(Br)ccc1NC(=O)CN(C)[C@@H](C)c1nc(C(C)(C)C)no1. The summed E-state index contributed by atoms with van der Waals surface area (Å²) >= 11 is 3.42. The second-order valence-corrected chi connectivity index (χ2v) is 8.22. The molecule has 0 bridgehead atoms. The Morgan fingerprint density at radius 1 is 1.40 bits per heavy atom. The number of aromatic nitrogens is 2.